The van der Waals surface area contributed by atoms with Crippen LogP contribution in [0.3, 0.4) is 0 Å². The third kappa shape index (κ3) is 3.38. The molecule has 0 bridgehead atoms. The van der Waals surface area contributed by atoms with Gasteiger partial charge in [0, 0.05) is 20.2 Å². The SMILES string of the molecule is CO[C@@H]1C[C@H]2CN(C(=O)c3snnc3C)C[C@H]2C[C@H]1n1cc(-c2cccs2)nn1. The molecule has 152 valence electrons. The maximum Gasteiger partial charge on any atom is 0.267 e. The zero-order valence-electron chi connectivity index (χ0n) is 16.3. The summed E-state index contributed by atoms with van der Waals surface area (Å²) in [7, 11) is 1.76. The van der Waals surface area contributed by atoms with Gasteiger partial charge in [-0.3, -0.25) is 4.79 Å². The number of thiophene rings is 1. The highest BCUT2D eigenvalue weighted by Gasteiger charge is 2.45. The average molecular weight is 431 g/mol. The van der Waals surface area contributed by atoms with Gasteiger partial charge in [0.05, 0.1) is 28.9 Å². The summed E-state index contributed by atoms with van der Waals surface area (Å²) in [6.07, 6.45) is 3.94. The number of nitrogens with zero attached hydrogens (tertiary/aromatic N) is 6. The quantitative estimate of drug-likeness (QED) is 0.633. The smallest absolute Gasteiger partial charge is 0.267 e. The van der Waals surface area contributed by atoms with Crippen molar-refractivity contribution < 1.29 is 9.53 Å². The molecule has 2 fully saturated rings. The lowest BCUT2D eigenvalue weighted by Gasteiger charge is -2.36. The number of fused-ring (bicyclic) bond motifs is 1. The molecule has 0 unspecified atom stereocenters. The molecule has 5 rings (SSSR count). The Bertz CT molecular complexity index is 1000. The summed E-state index contributed by atoms with van der Waals surface area (Å²) in [6, 6.07) is 4.21. The fraction of sp³-hybridized carbons (Fsp3) is 0.526. The van der Waals surface area contributed by atoms with Gasteiger partial charge in [-0.25, -0.2) is 4.68 Å². The molecule has 1 aliphatic carbocycles. The van der Waals surface area contributed by atoms with Gasteiger partial charge in [-0.2, -0.15) is 0 Å². The lowest BCUT2D eigenvalue weighted by Crippen LogP contribution is -2.37. The molecule has 0 radical (unpaired) electrons. The Balaban J connectivity index is 1.34. The third-order valence-corrected chi connectivity index (χ3v) is 7.85. The second-order valence-electron chi connectivity index (χ2n) is 7.79. The van der Waals surface area contributed by atoms with Crippen LogP contribution in [-0.4, -0.2) is 61.7 Å². The second kappa shape index (κ2) is 7.58. The van der Waals surface area contributed by atoms with Crippen LogP contribution in [0.5, 0.6) is 0 Å². The Morgan fingerprint density at radius 2 is 2.07 bits per heavy atom. The number of likely N-dealkylation sites (tertiary alicyclic amines) is 1. The van der Waals surface area contributed by atoms with Gasteiger partial charge in [0.15, 0.2) is 0 Å². The van der Waals surface area contributed by atoms with Gasteiger partial charge in [-0.1, -0.05) is 15.8 Å². The van der Waals surface area contributed by atoms with Crippen molar-refractivity contribution in [3.8, 4) is 10.6 Å². The average Bonchev–Trinajstić information content (AvgIpc) is 3.52. The molecule has 1 amide bonds. The standard InChI is InChI=1S/C19H22N6O2S2/c1-11-18(29-23-20-11)19(26)24-8-12-6-15(16(27-2)7-13(12)9-24)25-10-14(21-22-25)17-4-3-5-28-17/h3-5,10,12-13,15-16H,6-9H2,1-2H3/t12-,13+,15-,16-/m1/s1. The molecule has 4 atom stereocenters. The van der Waals surface area contributed by atoms with Crippen LogP contribution in [-0.2, 0) is 4.74 Å². The molecule has 0 spiro atoms. The molecule has 0 N–H and O–H groups in total. The minimum Gasteiger partial charge on any atom is -0.379 e. The van der Waals surface area contributed by atoms with Gasteiger partial charge in [0.1, 0.15) is 10.6 Å². The van der Waals surface area contributed by atoms with Crippen molar-refractivity contribution in [3.63, 3.8) is 0 Å². The number of rotatable bonds is 4. The topological polar surface area (TPSA) is 86.0 Å². The molecule has 1 saturated heterocycles. The van der Waals surface area contributed by atoms with E-state index >= 15 is 0 Å². The minimum absolute atomic E-state index is 0.0538. The number of methoxy groups -OCH3 is 1. The first kappa shape index (κ1) is 18.8. The maximum absolute atomic E-state index is 12.9. The highest BCUT2D eigenvalue weighted by atomic mass is 32.1. The molecule has 4 heterocycles. The van der Waals surface area contributed by atoms with Crippen LogP contribution in [0.1, 0.15) is 34.2 Å². The highest BCUT2D eigenvalue weighted by Crippen LogP contribution is 2.43. The first-order valence-electron chi connectivity index (χ1n) is 9.70. The summed E-state index contributed by atoms with van der Waals surface area (Å²) < 4.78 is 11.7. The van der Waals surface area contributed by atoms with Gasteiger partial charge in [-0.15, -0.1) is 21.5 Å². The first-order valence-corrected chi connectivity index (χ1v) is 11.4. The van der Waals surface area contributed by atoms with Gasteiger partial charge >= 0.3 is 0 Å². The van der Waals surface area contributed by atoms with Crippen LogP contribution < -0.4 is 0 Å². The van der Waals surface area contributed by atoms with Crippen molar-refractivity contribution in [2.45, 2.75) is 31.9 Å². The zero-order valence-corrected chi connectivity index (χ0v) is 17.9. The van der Waals surface area contributed by atoms with Gasteiger partial charge in [-0.05, 0) is 54.6 Å². The fourth-order valence-corrected chi connectivity index (χ4v) is 5.94. The number of carbonyl (C=O) groups excluding carboxylic acids is 1. The second-order valence-corrected chi connectivity index (χ2v) is 9.49. The van der Waals surface area contributed by atoms with Gasteiger partial charge in [0.25, 0.3) is 5.91 Å². The van der Waals surface area contributed by atoms with Crippen LogP contribution in [0, 0.1) is 18.8 Å². The Hall–Kier alpha value is -2.17. The summed E-state index contributed by atoms with van der Waals surface area (Å²) in [5, 5.41) is 14.8. The summed E-state index contributed by atoms with van der Waals surface area (Å²) in [5.74, 6) is 0.936. The molecule has 10 heteroatoms. The largest absolute Gasteiger partial charge is 0.379 e. The van der Waals surface area contributed by atoms with E-state index < -0.39 is 0 Å². The number of hydrogen-bond acceptors (Lipinski definition) is 8. The molecule has 8 nitrogen and oxygen atoms in total. The van der Waals surface area contributed by atoms with E-state index in [1.54, 1.807) is 18.4 Å². The normalized spacial score (nSPS) is 26.6. The molecule has 3 aromatic rings. The molecule has 29 heavy (non-hydrogen) atoms. The lowest BCUT2D eigenvalue weighted by molar-refractivity contribution is -0.00545. The van der Waals surface area contributed by atoms with Gasteiger partial charge in [0.2, 0.25) is 0 Å². The summed E-state index contributed by atoms with van der Waals surface area (Å²) in [6.45, 7) is 3.37. The van der Waals surface area contributed by atoms with Crippen LogP contribution in [0.2, 0.25) is 0 Å². The van der Waals surface area contributed by atoms with E-state index in [4.69, 9.17) is 4.74 Å². The zero-order chi connectivity index (χ0) is 20.0. The highest BCUT2D eigenvalue weighted by molar-refractivity contribution is 7.13. The molecule has 0 aromatic carbocycles. The molecule has 3 aromatic heterocycles. The number of amides is 1. The lowest BCUT2D eigenvalue weighted by atomic mass is 9.77. The van der Waals surface area contributed by atoms with E-state index in [0.29, 0.717) is 22.4 Å². The van der Waals surface area contributed by atoms with Crippen molar-refractivity contribution in [2.75, 3.05) is 20.2 Å². The molecule has 2 aliphatic rings. The molecular formula is C19H22N6O2S2. The summed E-state index contributed by atoms with van der Waals surface area (Å²) in [4.78, 5) is 16.6. The van der Waals surface area contributed by atoms with Crippen molar-refractivity contribution in [1.82, 2.24) is 29.5 Å². The van der Waals surface area contributed by atoms with Crippen molar-refractivity contribution in [2.24, 2.45) is 11.8 Å². The van der Waals surface area contributed by atoms with E-state index in [-0.39, 0.29) is 18.1 Å². The predicted molar refractivity (Wildman–Crippen MR) is 110 cm³/mol. The molecule has 1 aliphatic heterocycles. The van der Waals surface area contributed by atoms with Crippen molar-refractivity contribution in [1.29, 1.82) is 0 Å². The molecule has 1 saturated carbocycles. The predicted octanol–water partition coefficient (Wildman–Crippen LogP) is 2.90. The number of carbonyl (C=O) groups is 1. The number of aromatic nitrogens is 5. The Morgan fingerprint density at radius 1 is 1.24 bits per heavy atom. The van der Waals surface area contributed by atoms with Crippen LogP contribution in [0.4, 0.5) is 0 Å². The monoisotopic (exact) mass is 430 g/mol. The maximum atomic E-state index is 12.9. The van der Waals surface area contributed by atoms with Crippen LogP contribution in [0.15, 0.2) is 23.7 Å². The van der Waals surface area contributed by atoms with E-state index in [1.807, 2.05) is 34.1 Å². The van der Waals surface area contributed by atoms with Gasteiger partial charge < -0.3 is 9.64 Å². The number of hydrogen-bond donors (Lipinski definition) is 0. The first-order chi connectivity index (χ1) is 14.1. The van der Waals surface area contributed by atoms with E-state index in [0.717, 1.165) is 36.5 Å². The fourth-order valence-electron chi connectivity index (χ4n) is 4.64. The summed E-state index contributed by atoms with van der Waals surface area (Å²) >= 11 is 2.84. The Morgan fingerprint density at radius 3 is 2.76 bits per heavy atom. The van der Waals surface area contributed by atoms with Crippen LogP contribution >= 0.6 is 22.9 Å². The van der Waals surface area contributed by atoms with Crippen molar-refractivity contribution >= 4 is 28.8 Å². The Labute approximate surface area is 176 Å². The minimum atomic E-state index is 0.0538. The van der Waals surface area contributed by atoms with Crippen LogP contribution in [0.25, 0.3) is 10.6 Å². The van der Waals surface area contributed by atoms with Crippen molar-refractivity contribution in [3.05, 3.63) is 34.3 Å². The summed E-state index contributed by atoms with van der Waals surface area (Å²) in [5.41, 5.74) is 1.61. The van der Waals surface area contributed by atoms with E-state index in [9.17, 15) is 4.79 Å². The Kier molecular flexibility index (Phi) is 4.92. The molecular weight excluding hydrogens is 408 g/mol. The van der Waals surface area contributed by atoms with E-state index in [1.165, 1.54) is 11.5 Å². The number of aryl methyl sites for hydroxylation is 1. The third-order valence-electron chi connectivity index (χ3n) is 6.14. The number of ether oxygens (including phenoxy) is 1. The van der Waals surface area contributed by atoms with E-state index in [2.05, 4.69) is 26.0 Å².